The first-order valence-electron chi connectivity index (χ1n) is 11.7. The third-order valence-corrected chi connectivity index (χ3v) is 6.44. The Kier molecular flexibility index (Phi) is 5.26. The maximum Gasteiger partial charge on any atom is 0.328 e. The Morgan fingerprint density at radius 3 is 1.50 bits per heavy atom. The molecule has 0 saturated heterocycles. The molecule has 0 aliphatic rings. The monoisotopic (exact) mass is 469 g/mol. The van der Waals surface area contributed by atoms with Gasteiger partial charge in [-0.3, -0.25) is 9.13 Å². The summed E-state index contributed by atoms with van der Waals surface area (Å²) in [6.07, 6.45) is 0. The Bertz CT molecular complexity index is 1690. The Morgan fingerprint density at radius 1 is 0.500 bits per heavy atom. The number of benzene rings is 4. The molecule has 6 nitrogen and oxygen atoms in total. The molecule has 0 saturated carbocycles. The second kappa shape index (κ2) is 8.74. The SMILES string of the molecule is Cn1c(=O)n(C)c2c(-c3ccc(-c4nc(-c5ccccc5)nc(-c5ccccc5)n4)cc3)cccc21. The summed E-state index contributed by atoms with van der Waals surface area (Å²) in [5.41, 5.74) is 6.57. The predicted octanol–water partition coefficient (Wildman–Crippen LogP) is 5.73. The van der Waals surface area contributed by atoms with Gasteiger partial charge in [-0.2, -0.15) is 0 Å². The first-order chi connectivity index (χ1) is 17.6. The lowest BCUT2D eigenvalue weighted by molar-refractivity contribution is 0.795. The van der Waals surface area contributed by atoms with Gasteiger partial charge in [-0.25, -0.2) is 19.7 Å². The van der Waals surface area contributed by atoms with Gasteiger partial charge in [0.15, 0.2) is 17.5 Å². The van der Waals surface area contributed by atoms with Gasteiger partial charge in [0, 0.05) is 36.3 Å². The van der Waals surface area contributed by atoms with Crippen LogP contribution < -0.4 is 5.69 Å². The lowest BCUT2D eigenvalue weighted by Crippen LogP contribution is -2.19. The van der Waals surface area contributed by atoms with Crippen molar-refractivity contribution >= 4 is 11.0 Å². The van der Waals surface area contributed by atoms with Gasteiger partial charge in [0.1, 0.15) is 0 Å². The van der Waals surface area contributed by atoms with E-state index in [0.717, 1.165) is 38.9 Å². The molecule has 0 radical (unpaired) electrons. The fourth-order valence-corrected chi connectivity index (χ4v) is 4.55. The van der Waals surface area contributed by atoms with E-state index in [9.17, 15) is 4.79 Å². The molecule has 2 aromatic heterocycles. The van der Waals surface area contributed by atoms with E-state index in [2.05, 4.69) is 12.1 Å². The molecule has 0 aliphatic heterocycles. The summed E-state index contributed by atoms with van der Waals surface area (Å²) in [5, 5.41) is 0. The standard InChI is InChI=1S/C30H23N5O/c1-34-25-15-9-14-24(26(25)35(2)30(34)36)20-16-18-23(19-17-20)29-32-27(21-10-5-3-6-11-21)31-28(33-29)22-12-7-4-8-13-22/h3-19H,1-2H3. The number of fused-ring (bicyclic) bond motifs is 1. The number of aromatic nitrogens is 5. The van der Waals surface area contributed by atoms with Crippen molar-refractivity contribution in [2.24, 2.45) is 14.1 Å². The second-order valence-electron chi connectivity index (χ2n) is 8.69. The number of aryl methyl sites for hydroxylation is 2. The molecule has 6 heteroatoms. The van der Waals surface area contributed by atoms with E-state index in [1.54, 1.807) is 16.2 Å². The largest absolute Gasteiger partial charge is 0.328 e. The van der Waals surface area contributed by atoms with E-state index in [0.29, 0.717) is 17.5 Å². The highest BCUT2D eigenvalue weighted by atomic mass is 16.1. The number of para-hydroxylation sites is 1. The molecule has 36 heavy (non-hydrogen) atoms. The minimum absolute atomic E-state index is 0.0406. The highest BCUT2D eigenvalue weighted by Gasteiger charge is 2.15. The van der Waals surface area contributed by atoms with E-state index >= 15 is 0 Å². The topological polar surface area (TPSA) is 65.6 Å². The summed E-state index contributed by atoms with van der Waals surface area (Å²) in [7, 11) is 3.61. The van der Waals surface area contributed by atoms with Crippen molar-refractivity contribution in [3.05, 3.63) is 114 Å². The Morgan fingerprint density at radius 2 is 0.972 bits per heavy atom. The number of imidazole rings is 1. The van der Waals surface area contributed by atoms with Crippen LogP contribution in [0, 0.1) is 0 Å². The van der Waals surface area contributed by atoms with Crippen LogP contribution in [0.15, 0.2) is 108 Å². The molecule has 0 aliphatic carbocycles. The number of hydrogen-bond acceptors (Lipinski definition) is 4. The fraction of sp³-hybridized carbons (Fsp3) is 0.0667. The molecular formula is C30H23N5O. The minimum Gasteiger partial charge on any atom is -0.295 e. The first kappa shape index (κ1) is 21.7. The van der Waals surface area contributed by atoms with Crippen molar-refractivity contribution in [1.82, 2.24) is 24.1 Å². The normalized spacial score (nSPS) is 11.2. The molecule has 0 unspecified atom stereocenters. The number of rotatable bonds is 4. The van der Waals surface area contributed by atoms with Crippen molar-refractivity contribution < 1.29 is 0 Å². The lowest BCUT2D eigenvalue weighted by Gasteiger charge is -2.10. The minimum atomic E-state index is -0.0406. The van der Waals surface area contributed by atoms with Crippen LogP contribution in [0.2, 0.25) is 0 Å². The molecular weight excluding hydrogens is 446 g/mol. The average Bonchev–Trinajstić information content (AvgIpc) is 3.17. The zero-order valence-electron chi connectivity index (χ0n) is 20.0. The molecule has 174 valence electrons. The lowest BCUT2D eigenvalue weighted by atomic mass is 10.0. The van der Waals surface area contributed by atoms with Gasteiger partial charge in [0.2, 0.25) is 0 Å². The molecule has 0 fully saturated rings. The van der Waals surface area contributed by atoms with Crippen molar-refractivity contribution in [1.29, 1.82) is 0 Å². The first-order valence-corrected chi connectivity index (χ1v) is 11.7. The highest BCUT2D eigenvalue weighted by molar-refractivity contribution is 5.93. The maximum atomic E-state index is 12.5. The average molecular weight is 470 g/mol. The molecule has 0 N–H and O–H groups in total. The van der Waals surface area contributed by atoms with E-state index in [1.807, 2.05) is 98.0 Å². The third kappa shape index (κ3) is 3.69. The van der Waals surface area contributed by atoms with Gasteiger partial charge in [-0.1, -0.05) is 97.1 Å². The van der Waals surface area contributed by atoms with Gasteiger partial charge in [-0.05, 0) is 11.6 Å². The maximum absolute atomic E-state index is 12.5. The molecule has 6 aromatic rings. The molecule has 2 heterocycles. The second-order valence-corrected chi connectivity index (χ2v) is 8.69. The summed E-state index contributed by atoms with van der Waals surface area (Å²) in [6, 6.07) is 34.0. The van der Waals surface area contributed by atoms with Crippen molar-refractivity contribution in [3.63, 3.8) is 0 Å². The van der Waals surface area contributed by atoms with E-state index in [4.69, 9.17) is 15.0 Å². The summed E-state index contributed by atoms with van der Waals surface area (Å²) in [5.74, 6) is 1.87. The molecule has 4 aromatic carbocycles. The smallest absolute Gasteiger partial charge is 0.295 e. The van der Waals surface area contributed by atoms with E-state index in [1.165, 1.54) is 0 Å². The molecule has 0 atom stereocenters. The van der Waals surface area contributed by atoms with Crippen molar-refractivity contribution in [2.75, 3.05) is 0 Å². The van der Waals surface area contributed by atoms with Crippen LogP contribution in [-0.4, -0.2) is 24.1 Å². The van der Waals surface area contributed by atoms with Crippen LogP contribution in [0.5, 0.6) is 0 Å². The van der Waals surface area contributed by atoms with Crippen LogP contribution >= 0.6 is 0 Å². The van der Waals surface area contributed by atoms with Crippen LogP contribution in [0.1, 0.15) is 0 Å². The quantitative estimate of drug-likeness (QED) is 0.331. The van der Waals surface area contributed by atoms with E-state index in [-0.39, 0.29) is 5.69 Å². The summed E-state index contributed by atoms with van der Waals surface area (Å²) in [6.45, 7) is 0. The van der Waals surface area contributed by atoms with Crippen molar-refractivity contribution in [3.8, 4) is 45.3 Å². The van der Waals surface area contributed by atoms with Gasteiger partial charge >= 0.3 is 5.69 Å². The van der Waals surface area contributed by atoms with Crippen LogP contribution in [0.4, 0.5) is 0 Å². The zero-order chi connectivity index (χ0) is 24.6. The molecule has 0 bridgehead atoms. The predicted molar refractivity (Wildman–Crippen MR) is 143 cm³/mol. The zero-order valence-corrected chi connectivity index (χ0v) is 20.0. The summed E-state index contributed by atoms with van der Waals surface area (Å²) < 4.78 is 3.37. The van der Waals surface area contributed by atoms with Crippen molar-refractivity contribution in [2.45, 2.75) is 0 Å². The van der Waals surface area contributed by atoms with Gasteiger partial charge in [-0.15, -0.1) is 0 Å². The van der Waals surface area contributed by atoms with E-state index < -0.39 is 0 Å². The summed E-state index contributed by atoms with van der Waals surface area (Å²) >= 11 is 0. The number of hydrogen-bond donors (Lipinski definition) is 0. The van der Waals surface area contributed by atoms with Gasteiger partial charge in [0.25, 0.3) is 0 Å². The third-order valence-electron chi connectivity index (χ3n) is 6.44. The van der Waals surface area contributed by atoms with Gasteiger partial charge in [0.05, 0.1) is 11.0 Å². The summed E-state index contributed by atoms with van der Waals surface area (Å²) in [4.78, 5) is 26.9. The van der Waals surface area contributed by atoms with Crippen LogP contribution in [-0.2, 0) is 14.1 Å². The van der Waals surface area contributed by atoms with Gasteiger partial charge < -0.3 is 0 Å². The molecule has 6 rings (SSSR count). The van der Waals surface area contributed by atoms with Crippen LogP contribution in [0.25, 0.3) is 56.3 Å². The van der Waals surface area contributed by atoms with Crippen LogP contribution in [0.3, 0.4) is 0 Å². The fourth-order valence-electron chi connectivity index (χ4n) is 4.55. The molecule has 0 amide bonds. The Hall–Kier alpha value is -4.84. The molecule has 0 spiro atoms. The Balaban J connectivity index is 1.47. The highest BCUT2D eigenvalue weighted by Crippen LogP contribution is 2.30. The number of nitrogens with zero attached hydrogens (tertiary/aromatic N) is 5. The Labute approximate surface area is 208 Å².